The molecule has 0 radical (unpaired) electrons. The van der Waals surface area contributed by atoms with Crippen LogP contribution < -0.4 is 10.7 Å². The lowest BCUT2D eigenvalue weighted by Crippen LogP contribution is -2.26. The van der Waals surface area contributed by atoms with Crippen LogP contribution >= 0.6 is 11.8 Å². The summed E-state index contributed by atoms with van der Waals surface area (Å²) in [4.78, 5) is 5.17. The highest BCUT2D eigenvalue weighted by molar-refractivity contribution is 8.15. The number of allylic oxidation sites excluding steroid dienone is 2. The van der Waals surface area contributed by atoms with Crippen molar-refractivity contribution < 1.29 is 0 Å². The van der Waals surface area contributed by atoms with Crippen LogP contribution in [0.4, 0.5) is 0 Å². The van der Waals surface area contributed by atoms with Crippen LogP contribution in [0.5, 0.6) is 0 Å². The number of fused-ring (bicyclic) bond motifs is 1. The summed E-state index contributed by atoms with van der Waals surface area (Å²) >= 11 is 1.86. The maximum Gasteiger partial charge on any atom is 0.145 e. The van der Waals surface area contributed by atoms with Crippen molar-refractivity contribution in [3.63, 3.8) is 0 Å². The van der Waals surface area contributed by atoms with E-state index in [1.54, 1.807) is 0 Å². The second kappa shape index (κ2) is 13.9. The fourth-order valence-electron chi connectivity index (χ4n) is 7.42. The minimum Gasteiger partial charge on any atom is -0.359 e. The Morgan fingerprint density at radius 2 is 1.35 bits per heavy atom. The molecule has 0 saturated heterocycles. The predicted octanol–water partition coefficient (Wildman–Crippen LogP) is 11.0. The summed E-state index contributed by atoms with van der Waals surface area (Å²) in [6.45, 7) is 0. The molecule has 2 heterocycles. The van der Waals surface area contributed by atoms with Crippen LogP contribution in [0.25, 0.3) is 38.7 Å². The number of hydrogen-bond donors (Lipinski definition) is 2. The SMILES string of the molecule is C1=CC(C2NN=C(c3cccc(-c4ccc5cccc(-c6ccccc6C6=CC(c7ccccc7)=NC(c7ccccc7)N6)c5c4)c3)S2)CCC1. The Bertz CT molecular complexity index is 2340. The maximum atomic E-state index is 5.17. The molecule has 51 heavy (non-hydrogen) atoms. The number of aliphatic imine (C=N–C) groups is 1. The van der Waals surface area contributed by atoms with E-state index >= 15 is 0 Å². The van der Waals surface area contributed by atoms with Gasteiger partial charge in [-0.25, -0.2) is 0 Å². The first kappa shape index (κ1) is 31.3. The minimum absolute atomic E-state index is 0.201. The summed E-state index contributed by atoms with van der Waals surface area (Å²) in [5.41, 5.74) is 14.7. The quantitative estimate of drug-likeness (QED) is 0.165. The van der Waals surface area contributed by atoms with Crippen molar-refractivity contribution in [1.82, 2.24) is 10.7 Å². The zero-order valence-electron chi connectivity index (χ0n) is 28.2. The Hall–Kier alpha value is -5.65. The van der Waals surface area contributed by atoms with Crippen molar-refractivity contribution in [2.24, 2.45) is 16.0 Å². The molecular weight excluding hydrogens is 641 g/mol. The second-order valence-electron chi connectivity index (χ2n) is 13.4. The monoisotopic (exact) mass is 678 g/mol. The number of thioether (sulfide) groups is 1. The summed E-state index contributed by atoms with van der Waals surface area (Å²) < 4.78 is 0. The minimum atomic E-state index is -0.201. The van der Waals surface area contributed by atoms with E-state index in [9.17, 15) is 0 Å². The molecule has 1 aliphatic carbocycles. The van der Waals surface area contributed by atoms with Gasteiger partial charge in [0.25, 0.3) is 0 Å². The highest BCUT2D eigenvalue weighted by atomic mass is 32.2. The van der Waals surface area contributed by atoms with E-state index in [0.29, 0.717) is 11.3 Å². The van der Waals surface area contributed by atoms with Crippen molar-refractivity contribution >= 4 is 39.0 Å². The molecule has 6 aromatic rings. The van der Waals surface area contributed by atoms with Gasteiger partial charge in [0.15, 0.2) is 0 Å². The van der Waals surface area contributed by atoms with Crippen LogP contribution in [-0.2, 0) is 0 Å². The number of hydrogen-bond acceptors (Lipinski definition) is 5. The van der Waals surface area contributed by atoms with Crippen LogP contribution in [0.2, 0.25) is 0 Å². The highest BCUT2D eigenvalue weighted by Crippen LogP contribution is 2.38. The van der Waals surface area contributed by atoms with Gasteiger partial charge in [0.2, 0.25) is 0 Å². The second-order valence-corrected chi connectivity index (χ2v) is 14.5. The average Bonchev–Trinajstić information content (AvgIpc) is 3.72. The molecule has 5 heteroatoms. The highest BCUT2D eigenvalue weighted by Gasteiger charge is 2.28. The number of rotatable bonds is 7. The number of nitrogens with one attached hydrogen (secondary N) is 2. The van der Waals surface area contributed by atoms with Gasteiger partial charge in [-0.3, -0.25) is 10.4 Å². The lowest BCUT2D eigenvalue weighted by atomic mass is 9.90. The molecule has 0 bridgehead atoms. The van der Waals surface area contributed by atoms with Gasteiger partial charge in [0.1, 0.15) is 16.6 Å². The summed E-state index contributed by atoms with van der Waals surface area (Å²) in [6, 6.07) is 52.0. The fourth-order valence-corrected chi connectivity index (χ4v) is 8.54. The van der Waals surface area contributed by atoms with Crippen molar-refractivity contribution in [3.8, 4) is 22.3 Å². The first-order valence-electron chi connectivity index (χ1n) is 17.8. The van der Waals surface area contributed by atoms with E-state index in [4.69, 9.17) is 10.1 Å². The van der Waals surface area contributed by atoms with Crippen LogP contribution in [0.1, 0.15) is 47.7 Å². The first-order chi connectivity index (χ1) is 25.3. The standard InChI is InChI=1S/C46H38N4S/c1-4-14-32(15-5-1)42-30-43(48-44(47-42)33-16-6-2-7-17-33)40-24-11-10-23-38(40)39-25-13-20-31-26-27-36(29-41(31)39)35-21-12-22-37(28-35)46-50-49-45(51-46)34-18-8-3-9-19-34/h1-2,4-8,10-18,20-30,34,44-45,48-49H,3,9,19H2. The zero-order valence-corrected chi connectivity index (χ0v) is 29.1. The molecule has 3 aliphatic rings. The molecule has 0 amide bonds. The number of hydrazone groups is 1. The third-order valence-corrected chi connectivity index (χ3v) is 11.3. The molecule has 9 rings (SSSR count). The van der Waals surface area contributed by atoms with E-state index in [0.717, 1.165) is 38.7 Å². The van der Waals surface area contributed by atoms with Gasteiger partial charge >= 0.3 is 0 Å². The Labute approximate surface area is 303 Å². The van der Waals surface area contributed by atoms with Crippen LogP contribution in [0.3, 0.4) is 0 Å². The summed E-state index contributed by atoms with van der Waals surface area (Å²) in [7, 11) is 0. The Morgan fingerprint density at radius 1 is 0.627 bits per heavy atom. The lowest BCUT2D eigenvalue weighted by molar-refractivity contribution is 0.479. The van der Waals surface area contributed by atoms with Gasteiger partial charge < -0.3 is 5.32 Å². The van der Waals surface area contributed by atoms with Crippen LogP contribution in [-0.4, -0.2) is 16.1 Å². The molecule has 2 aliphatic heterocycles. The average molecular weight is 679 g/mol. The zero-order chi connectivity index (χ0) is 34.0. The summed E-state index contributed by atoms with van der Waals surface area (Å²) in [5, 5.41) is 12.4. The van der Waals surface area contributed by atoms with Gasteiger partial charge in [0, 0.05) is 22.7 Å². The summed E-state index contributed by atoms with van der Waals surface area (Å²) in [5.74, 6) is 0.524. The molecule has 4 nitrogen and oxygen atoms in total. The normalized spacial score (nSPS) is 19.8. The van der Waals surface area contributed by atoms with Gasteiger partial charge in [-0.1, -0.05) is 157 Å². The number of nitrogens with zero attached hydrogens (tertiary/aromatic N) is 2. The molecule has 0 aromatic heterocycles. The molecule has 248 valence electrons. The van der Waals surface area contributed by atoms with Gasteiger partial charge in [0.05, 0.1) is 5.71 Å². The smallest absolute Gasteiger partial charge is 0.145 e. The third-order valence-electron chi connectivity index (χ3n) is 10.1. The largest absolute Gasteiger partial charge is 0.359 e. The summed E-state index contributed by atoms with van der Waals surface area (Å²) in [6.07, 6.45) is 10.3. The Morgan fingerprint density at radius 3 is 2.20 bits per heavy atom. The van der Waals surface area contributed by atoms with E-state index < -0.39 is 0 Å². The molecule has 2 N–H and O–H groups in total. The van der Waals surface area contributed by atoms with Gasteiger partial charge in [-0.05, 0) is 81.6 Å². The molecule has 0 fully saturated rings. The lowest BCUT2D eigenvalue weighted by Gasteiger charge is -2.26. The first-order valence-corrected chi connectivity index (χ1v) is 18.7. The molecule has 3 unspecified atom stereocenters. The third kappa shape index (κ3) is 6.42. The Balaban J connectivity index is 1.08. The van der Waals surface area contributed by atoms with E-state index in [2.05, 4.69) is 175 Å². The predicted molar refractivity (Wildman–Crippen MR) is 216 cm³/mol. The van der Waals surface area contributed by atoms with Crippen molar-refractivity contribution in [2.75, 3.05) is 0 Å². The van der Waals surface area contributed by atoms with Crippen molar-refractivity contribution in [3.05, 3.63) is 186 Å². The van der Waals surface area contributed by atoms with Crippen molar-refractivity contribution in [2.45, 2.75) is 30.8 Å². The van der Waals surface area contributed by atoms with Crippen LogP contribution in [0.15, 0.2) is 174 Å². The maximum absolute atomic E-state index is 5.17. The molecule has 0 saturated carbocycles. The molecule has 3 atom stereocenters. The fraction of sp³-hybridized carbons (Fsp3) is 0.130. The topological polar surface area (TPSA) is 48.8 Å². The van der Waals surface area contributed by atoms with E-state index in [1.165, 1.54) is 52.3 Å². The van der Waals surface area contributed by atoms with Crippen LogP contribution in [0, 0.1) is 5.92 Å². The van der Waals surface area contributed by atoms with Gasteiger partial charge in [-0.15, -0.1) is 0 Å². The number of benzene rings is 6. The molecule has 0 spiro atoms. The van der Waals surface area contributed by atoms with Gasteiger partial charge in [-0.2, -0.15) is 5.10 Å². The van der Waals surface area contributed by atoms with E-state index in [1.807, 2.05) is 11.8 Å². The van der Waals surface area contributed by atoms with Crippen molar-refractivity contribution in [1.29, 1.82) is 0 Å². The van der Waals surface area contributed by atoms with E-state index in [-0.39, 0.29) is 6.17 Å². The molecular formula is C46H38N4S. The Kier molecular flexibility index (Phi) is 8.56. The molecule has 6 aromatic carbocycles.